The zero-order valence-electron chi connectivity index (χ0n) is 11.1. The molecule has 0 amide bonds. The molecule has 94 valence electrons. The third-order valence-electron chi connectivity index (χ3n) is 4.56. The largest absolute Gasteiger partial charge is 0.253 e. The molecule has 1 saturated carbocycles. The fourth-order valence-electron chi connectivity index (χ4n) is 3.55. The molecule has 2 fully saturated rings. The average Bonchev–Trinajstić information content (AvgIpc) is 2.39. The second-order valence-electron chi connectivity index (χ2n) is 6.92. The van der Waals surface area contributed by atoms with E-state index in [1.165, 1.54) is 19.3 Å². The minimum atomic E-state index is -2.01. The van der Waals surface area contributed by atoms with Crippen molar-refractivity contribution in [3.05, 3.63) is 0 Å². The predicted octanol–water partition coefficient (Wildman–Crippen LogP) is 2.40. The lowest BCUT2D eigenvalue weighted by molar-refractivity contribution is 0.0296. The molecule has 0 N–H and O–H groups in total. The first-order valence-corrected chi connectivity index (χ1v) is 8.32. The third kappa shape index (κ3) is 1.92. The average molecular weight is 243 g/mol. The minimum absolute atomic E-state index is 0.319. The Morgan fingerprint density at radius 3 is 2.19 bits per heavy atom. The van der Waals surface area contributed by atoms with Gasteiger partial charge in [-0.05, 0) is 35.5 Å². The molecular weight excluding hydrogens is 218 g/mol. The van der Waals surface area contributed by atoms with Crippen molar-refractivity contribution in [1.82, 2.24) is 4.31 Å². The second-order valence-corrected chi connectivity index (χ2v) is 9.35. The van der Waals surface area contributed by atoms with Gasteiger partial charge in [-0.15, -0.1) is 0 Å². The monoisotopic (exact) mass is 243 g/mol. The van der Waals surface area contributed by atoms with Crippen molar-refractivity contribution in [2.24, 2.45) is 16.7 Å². The molecule has 0 aromatic heterocycles. The summed E-state index contributed by atoms with van der Waals surface area (Å²) in [5, 5.41) is 0. The number of rotatable bonds is 1. The molecule has 2 unspecified atom stereocenters. The smallest absolute Gasteiger partial charge is 0.0245 e. The van der Waals surface area contributed by atoms with Gasteiger partial charge in [0.25, 0.3) is 0 Å². The molecule has 0 radical (unpaired) electrons. The van der Waals surface area contributed by atoms with Gasteiger partial charge in [-0.1, -0.05) is 27.2 Å². The van der Waals surface area contributed by atoms with E-state index in [1.807, 2.05) is 0 Å². The summed E-state index contributed by atoms with van der Waals surface area (Å²) in [7, 11) is -2.01. The van der Waals surface area contributed by atoms with E-state index in [2.05, 4.69) is 30.9 Å². The topological polar surface area (TPSA) is 20.3 Å². The van der Waals surface area contributed by atoms with Crippen molar-refractivity contribution in [1.29, 1.82) is 0 Å². The molecule has 0 bridgehead atoms. The van der Waals surface area contributed by atoms with Crippen LogP contribution in [0.1, 0.15) is 40.0 Å². The Morgan fingerprint density at radius 2 is 1.94 bits per heavy atom. The van der Waals surface area contributed by atoms with Gasteiger partial charge in [-0.25, -0.2) is 4.31 Å². The Hall–Kier alpha value is -0.0200. The maximum Gasteiger partial charge on any atom is 0.0245 e. The van der Waals surface area contributed by atoms with Crippen molar-refractivity contribution in [3.8, 4) is 0 Å². The summed E-state index contributed by atoms with van der Waals surface area (Å²) in [6, 6.07) is 0. The summed E-state index contributed by atoms with van der Waals surface area (Å²) in [5.41, 5.74) is 0.772. The van der Waals surface area contributed by atoms with Crippen molar-refractivity contribution in [2.75, 3.05) is 19.3 Å². The minimum Gasteiger partial charge on any atom is -0.253 e. The van der Waals surface area contributed by atoms with Crippen LogP contribution in [0.5, 0.6) is 0 Å². The molecule has 0 aromatic carbocycles. The molecule has 16 heavy (non-hydrogen) atoms. The highest BCUT2D eigenvalue weighted by Crippen LogP contribution is 2.57. The number of hydrogen-bond acceptors (Lipinski definition) is 1. The standard InChI is InChI=1S/C13H25NOS/c1-12(2,3)11-9-14(16(4,5)15)10-13(11)7-6-8-13/h11H,4,6-10H2,1-3,5H3. The SMILES string of the molecule is C=S(C)(=O)N1CC(C(C)(C)C)C2(CCC2)C1. The van der Waals surface area contributed by atoms with Crippen molar-refractivity contribution < 1.29 is 4.21 Å². The van der Waals surface area contributed by atoms with Gasteiger partial charge in [0.1, 0.15) is 0 Å². The Morgan fingerprint density at radius 1 is 1.38 bits per heavy atom. The van der Waals surface area contributed by atoms with Crippen molar-refractivity contribution >= 4 is 15.6 Å². The van der Waals surface area contributed by atoms with E-state index in [9.17, 15) is 4.21 Å². The summed E-state index contributed by atoms with van der Waals surface area (Å²) in [4.78, 5) is 0. The normalized spacial score (nSPS) is 33.6. The van der Waals surface area contributed by atoms with Gasteiger partial charge in [0, 0.05) is 29.1 Å². The van der Waals surface area contributed by atoms with Crippen LogP contribution in [0.25, 0.3) is 0 Å². The first kappa shape index (κ1) is 12.4. The van der Waals surface area contributed by atoms with Crippen LogP contribution in [-0.4, -0.2) is 33.7 Å². The first-order chi connectivity index (χ1) is 7.15. The predicted molar refractivity (Wildman–Crippen MR) is 72.0 cm³/mol. The highest BCUT2D eigenvalue weighted by molar-refractivity contribution is 7.97. The van der Waals surface area contributed by atoms with E-state index in [4.69, 9.17) is 0 Å². The highest BCUT2D eigenvalue weighted by Gasteiger charge is 2.54. The second kappa shape index (κ2) is 3.49. The molecule has 2 rings (SSSR count). The lowest BCUT2D eigenvalue weighted by Crippen LogP contribution is -2.42. The molecule has 1 aliphatic carbocycles. The van der Waals surface area contributed by atoms with Gasteiger partial charge < -0.3 is 0 Å². The van der Waals surface area contributed by atoms with Crippen LogP contribution in [0, 0.1) is 16.7 Å². The van der Waals surface area contributed by atoms with Gasteiger partial charge in [0.15, 0.2) is 0 Å². The fourth-order valence-corrected chi connectivity index (χ4v) is 4.54. The van der Waals surface area contributed by atoms with E-state index < -0.39 is 9.71 Å². The van der Waals surface area contributed by atoms with Gasteiger partial charge in [0.05, 0.1) is 0 Å². The molecule has 2 aliphatic rings. The third-order valence-corrected chi connectivity index (χ3v) is 5.93. The summed E-state index contributed by atoms with van der Waals surface area (Å²) < 4.78 is 14.2. The first-order valence-electron chi connectivity index (χ1n) is 6.22. The Balaban J connectivity index is 2.26. The molecule has 1 heterocycles. The molecule has 3 heteroatoms. The van der Waals surface area contributed by atoms with Crippen LogP contribution < -0.4 is 0 Å². The molecule has 1 saturated heterocycles. The summed E-state index contributed by atoms with van der Waals surface area (Å²) >= 11 is 0. The van der Waals surface area contributed by atoms with Crippen molar-refractivity contribution in [2.45, 2.75) is 40.0 Å². The lowest BCUT2D eigenvalue weighted by Gasteiger charge is -2.48. The summed E-state index contributed by atoms with van der Waals surface area (Å²) in [5.74, 6) is 4.52. The zero-order valence-corrected chi connectivity index (χ0v) is 11.9. The zero-order chi connectivity index (χ0) is 12.2. The Labute approximate surface area is 101 Å². The molecule has 0 aromatic rings. The fraction of sp³-hybridized carbons (Fsp3) is 0.923. The van der Waals surface area contributed by atoms with Crippen LogP contribution in [0.4, 0.5) is 0 Å². The van der Waals surface area contributed by atoms with Gasteiger partial charge >= 0.3 is 0 Å². The molecule has 1 spiro atoms. The molecule has 2 nitrogen and oxygen atoms in total. The summed E-state index contributed by atoms with van der Waals surface area (Å²) in [6.07, 6.45) is 5.77. The molecule has 2 atom stereocenters. The van der Waals surface area contributed by atoms with E-state index in [0.717, 1.165) is 13.1 Å². The Bertz CT molecular complexity index is 373. The van der Waals surface area contributed by atoms with Gasteiger partial charge in [0.2, 0.25) is 0 Å². The quantitative estimate of drug-likeness (QED) is 0.648. The lowest BCUT2D eigenvalue weighted by atomic mass is 9.56. The van der Waals surface area contributed by atoms with Crippen LogP contribution in [0.3, 0.4) is 0 Å². The van der Waals surface area contributed by atoms with Gasteiger partial charge in [-0.3, -0.25) is 4.21 Å². The van der Waals surface area contributed by atoms with E-state index in [0.29, 0.717) is 16.7 Å². The summed E-state index contributed by atoms with van der Waals surface area (Å²) in [6.45, 7) is 8.95. The van der Waals surface area contributed by atoms with Crippen LogP contribution >= 0.6 is 0 Å². The molecular formula is C13H25NOS. The number of nitrogens with zero attached hydrogens (tertiary/aromatic N) is 1. The van der Waals surface area contributed by atoms with Crippen LogP contribution in [0.15, 0.2) is 0 Å². The Kier molecular flexibility index (Phi) is 2.71. The van der Waals surface area contributed by atoms with E-state index in [1.54, 1.807) is 6.26 Å². The van der Waals surface area contributed by atoms with Crippen molar-refractivity contribution in [3.63, 3.8) is 0 Å². The van der Waals surface area contributed by atoms with Crippen LogP contribution in [0.2, 0.25) is 0 Å². The highest BCUT2D eigenvalue weighted by atomic mass is 32.2. The number of hydrogen-bond donors (Lipinski definition) is 0. The van der Waals surface area contributed by atoms with Crippen LogP contribution in [-0.2, 0) is 9.71 Å². The van der Waals surface area contributed by atoms with E-state index in [-0.39, 0.29) is 0 Å². The molecule has 1 aliphatic heterocycles. The van der Waals surface area contributed by atoms with E-state index >= 15 is 0 Å². The maximum absolute atomic E-state index is 12.1. The van der Waals surface area contributed by atoms with Gasteiger partial charge in [-0.2, -0.15) is 0 Å². The maximum atomic E-state index is 12.1.